The van der Waals surface area contributed by atoms with Crippen LogP contribution in [0, 0.1) is 0 Å². The predicted octanol–water partition coefficient (Wildman–Crippen LogP) is 1.86. The highest BCUT2D eigenvalue weighted by Crippen LogP contribution is 2.19. The summed E-state index contributed by atoms with van der Waals surface area (Å²) < 4.78 is 12.5. The van der Waals surface area contributed by atoms with Crippen LogP contribution in [0.4, 0.5) is 5.69 Å². The average Bonchev–Trinajstić information content (AvgIpc) is 3.17. The fraction of sp³-hybridized carbons (Fsp3) is 0.333. The number of nitrogens with zero attached hydrogens (tertiary/aromatic N) is 2. The first-order valence-corrected chi connectivity index (χ1v) is 6.91. The Hall–Kier alpha value is -2.34. The fourth-order valence-corrected chi connectivity index (χ4v) is 2.20. The molecule has 1 saturated heterocycles. The lowest BCUT2D eigenvalue weighted by molar-refractivity contribution is -0.118. The van der Waals surface area contributed by atoms with Gasteiger partial charge in [-0.1, -0.05) is 18.2 Å². The number of hydrogen-bond donors (Lipinski definition) is 1. The summed E-state index contributed by atoms with van der Waals surface area (Å²) in [6, 6.07) is 9.50. The number of benzene rings is 1. The van der Waals surface area contributed by atoms with E-state index < -0.39 is 0 Å². The number of carbonyl (C=O) groups excluding carboxylic acids is 1. The Balaban J connectivity index is 1.50. The second kappa shape index (κ2) is 6.41. The van der Waals surface area contributed by atoms with Crippen LogP contribution < -0.4 is 10.1 Å². The molecule has 1 amide bonds. The summed E-state index contributed by atoms with van der Waals surface area (Å²) in [6.45, 7) is 1.41. The molecule has 110 valence electrons. The minimum absolute atomic E-state index is 0.0261. The van der Waals surface area contributed by atoms with Crippen molar-refractivity contribution in [1.29, 1.82) is 0 Å². The molecule has 1 aliphatic heterocycles. The summed E-state index contributed by atoms with van der Waals surface area (Å²) >= 11 is 0. The van der Waals surface area contributed by atoms with Gasteiger partial charge >= 0.3 is 0 Å². The van der Waals surface area contributed by atoms with E-state index in [0.717, 1.165) is 13.0 Å². The van der Waals surface area contributed by atoms with Gasteiger partial charge in [0.25, 0.3) is 5.91 Å². The van der Waals surface area contributed by atoms with Gasteiger partial charge in [0.2, 0.25) is 0 Å². The second-order valence-corrected chi connectivity index (χ2v) is 4.88. The molecule has 3 rings (SSSR count). The molecule has 0 bridgehead atoms. The van der Waals surface area contributed by atoms with Crippen molar-refractivity contribution in [3.8, 4) is 5.75 Å². The first-order chi connectivity index (χ1) is 10.3. The highest BCUT2D eigenvalue weighted by Gasteiger charge is 2.18. The lowest BCUT2D eigenvalue weighted by atomic mass is 10.3. The molecule has 1 fully saturated rings. The van der Waals surface area contributed by atoms with Crippen LogP contribution >= 0.6 is 0 Å². The van der Waals surface area contributed by atoms with E-state index >= 15 is 0 Å². The van der Waals surface area contributed by atoms with Crippen molar-refractivity contribution in [3.05, 3.63) is 42.7 Å². The Morgan fingerprint density at radius 2 is 2.29 bits per heavy atom. The Morgan fingerprint density at radius 3 is 3.05 bits per heavy atom. The Bertz CT molecular complexity index is 591. The average molecular weight is 287 g/mol. The van der Waals surface area contributed by atoms with Gasteiger partial charge in [-0.05, 0) is 18.6 Å². The van der Waals surface area contributed by atoms with Crippen molar-refractivity contribution in [2.75, 3.05) is 25.1 Å². The third-order valence-corrected chi connectivity index (χ3v) is 3.28. The number of aromatic nitrogens is 2. The van der Waals surface area contributed by atoms with Gasteiger partial charge < -0.3 is 14.8 Å². The molecule has 1 aromatic carbocycles. The van der Waals surface area contributed by atoms with Crippen molar-refractivity contribution >= 4 is 11.6 Å². The molecule has 1 aliphatic rings. The van der Waals surface area contributed by atoms with Gasteiger partial charge in [-0.2, -0.15) is 5.10 Å². The molecule has 1 atom stereocenters. The smallest absolute Gasteiger partial charge is 0.262 e. The predicted molar refractivity (Wildman–Crippen MR) is 77.3 cm³/mol. The molecule has 1 aromatic heterocycles. The molecule has 6 nitrogen and oxygen atoms in total. The number of ether oxygens (including phenoxy) is 2. The quantitative estimate of drug-likeness (QED) is 0.911. The molecular formula is C15H17N3O3. The molecule has 6 heteroatoms. The SMILES string of the molecule is O=C(COc1ccccc1)Nc1cnn([C@H]2CCOC2)c1. The molecule has 2 aromatic rings. The van der Waals surface area contributed by atoms with Gasteiger partial charge in [0, 0.05) is 12.8 Å². The number of amides is 1. The van der Waals surface area contributed by atoms with E-state index in [1.54, 1.807) is 6.20 Å². The zero-order valence-electron chi connectivity index (χ0n) is 11.6. The highest BCUT2D eigenvalue weighted by molar-refractivity contribution is 5.91. The first kappa shape index (κ1) is 13.6. The summed E-state index contributed by atoms with van der Waals surface area (Å²) in [7, 11) is 0. The maximum absolute atomic E-state index is 11.8. The molecule has 2 heterocycles. The summed E-state index contributed by atoms with van der Waals surface area (Å²) in [5, 5.41) is 7.02. The van der Waals surface area contributed by atoms with Crippen LogP contribution in [0.3, 0.4) is 0 Å². The van der Waals surface area contributed by atoms with E-state index in [9.17, 15) is 4.79 Å². The van der Waals surface area contributed by atoms with E-state index in [4.69, 9.17) is 9.47 Å². The van der Waals surface area contributed by atoms with Gasteiger partial charge in [-0.25, -0.2) is 0 Å². The molecule has 0 unspecified atom stereocenters. The van der Waals surface area contributed by atoms with E-state index in [1.165, 1.54) is 0 Å². The summed E-state index contributed by atoms with van der Waals surface area (Å²) in [5.41, 5.74) is 0.670. The van der Waals surface area contributed by atoms with Crippen LogP contribution in [-0.4, -0.2) is 35.5 Å². The molecule has 0 saturated carbocycles. The van der Waals surface area contributed by atoms with Crippen LogP contribution in [0.15, 0.2) is 42.7 Å². The van der Waals surface area contributed by atoms with E-state index in [1.807, 2.05) is 41.2 Å². The zero-order valence-corrected chi connectivity index (χ0v) is 11.6. The Morgan fingerprint density at radius 1 is 1.43 bits per heavy atom. The monoisotopic (exact) mass is 287 g/mol. The number of para-hydroxylation sites is 1. The molecule has 0 spiro atoms. The largest absolute Gasteiger partial charge is 0.484 e. The summed E-state index contributed by atoms with van der Waals surface area (Å²) in [6.07, 6.45) is 4.41. The van der Waals surface area contributed by atoms with Crippen molar-refractivity contribution in [3.63, 3.8) is 0 Å². The normalized spacial score (nSPS) is 17.6. The van der Waals surface area contributed by atoms with Crippen LogP contribution in [0.2, 0.25) is 0 Å². The standard InChI is InChI=1S/C15H17N3O3/c19-15(11-21-14-4-2-1-3-5-14)17-12-8-16-18(9-12)13-6-7-20-10-13/h1-5,8-9,13H,6-7,10-11H2,(H,17,19)/t13-/m0/s1. The van der Waals surface area contributed by atoms with Crippen LogP contribution in [-0.2, 0) is 9.53 Å². The lowest BCUT2D eigenvalue weighted by Gasteiger charge is -2.07. The van der Waals surface area contributed by atoms with Crippen molar-refractivity contribution < 1.29 is 14.3 Å². The van der Waals surface area contributed by atoms with E-state index in [-0.39, 0.29) is 18.6 Å². The van der Waals surface area contributed by atoms with Gasteiger partial charge in [-0.15, -0.1) is 0 Å². The summed E-state index contributed by atoms with van der Waals surface area (Å²) in [5.74, 6) is 0.465. The molecule has 0 aliphatic carbocycles. The van der Waals surface area contributed by atoms with E-state index in [2.05, 4.69) is 10.4 Å². The van der Waals surface area contributed by atoms with Crippen LogP contribution in [0.5, 0.6) is 5.75 Å². The number of anilines is 1. The van der Waals surface area contributed by atoms with Gasteiger partial charge in [-0.3, -0.25) is 9.48 Å². The highest BCUT2D eigenvalue weighted by atomic mass is 16.5. The molecular weight excluding hydrogens is 270 g/mol. The molecule has 0 radical (unpaired) electrons. The van der Waals surface area contributed by atoms with Gasteiger partial charge in [0.1, 0.15) is 5.75 Å². The maximum atomic E-state index is 11.8. The van der Waals surface area contributed by atoms with Crippen molar-refractivity contribution in [1.82, 2.24) is 9.78 Å². The molecule has 1 N–H and O–H groups in total. The van der Waals surface area contributed by atoms with Crippen molar-refractivity contribution in [2.24, 2.45) is 0 Å². The third-order valence-electron chi connectivity index (χ3n) is 3.28. The lowest BCUT2D eigenvalue weighted by Crippen LogP contribution is -2.19. The van der Waals surface area contributed by atoms with Crippen molar-refractivity contribution in [2.45, 2.75) is 12.5 Å². The number of hydrogen-bond acceptors (Lipinski definition) is 4. The zero-order chi connectivity index (χ0) is 14.5. The molecule has 21 heavy (non-hydrogen) atoms. The van der Waals surface area contributed by atoms with Crippen LogP contribution in [0.1, 0.15) is 12.5 Å². The topological polar surface area (TPSA) is 65.4 Å². The second-order valence-electron chi connectivity index (χ2n) is 4.88. The number of carbonyl (C=O) groups is 1. The third kappa shape index (κ3) is 3.61. The van der Waals surface area contributed by atoms with E-state index in [0.29, 0.717) is 18.0 Å². The maximum Gasteiger partial charge on any atom is 0.262 e. The number of nitrogens with one attached hydrogen (secondary N) is 1. The minimum atomic E-state index is -0.207. The Labute approximate surface area is 122 Å². The van der Waals surface area contributed by atoms with Gasteiger partial charge in [0.05, 0.1) is 24.5 Å². The first-order valence-electron chi connectivity index (χ1n) is 6.91. The number of rotatable bonds is 5. The summed E-state index contributed by atoms with van der Waals surface area (Å²) in [4.78, 5) is 11.8. The minimum Gasteiger partial charge on any atom is -0.484 e. The van der Waals surface area contributed by atoms with Crippen LogP contribution in [0.25, 0.3) is 0 Å². The fourth-order valence-electron chi connectivity index (χ4n) is 2.20. The Kier molecular flexibility index (Phi) is 4.16. The van der Waals surface area contributed by atoms with Gasteiger partial charge in [0.15, 0.2) is 6.61 Å².